The average molecular weight is 699 g/mol. The van der Waals surface area contributed by atoms with Crippen LogP contribution in [0, 0.1) is 12.7 Å². The molecule has 12 heteroatoms. The third-order valence-corrected chi connectivity index (χ3v) is 11.3. The minimum absolute atomic E-state index is 0.0663. The van der Waals surface area contributed by atoms with Crippen LogP contribution in [-0.4, -0.2) is 53.8 Å². The van der Waals surface area contributed by atoms with Crippen LogP contribution in [0.3, 0.4) is 0 Å². The number of halogens is 2. The van der Waals surface area contributed by atoms with Crippen molar-refractivity contribution in [1.82, 2.24) is 29.0 Å². The second-order valence-electron chi connectivity index (χ2n) is 13.1. The van der Waals surface area contributed by atoms with E-state index < -0.39 is 5.97 Å². The van der Waals surface area contributed by atoms with Crippen LogP contribution < -0.4 is 4.74 Å². The van der Waals surface area contributed by atoms with Gasteiger partial charge in [-0.2, -0.15) is 10.2 Å². The van der Waals surface area contributed by atoms with Crippen molar-refractivity contribution < 1.29 is 19.0 Å². The van der Waals surface area contributed by atoms with Crippen LogP contribution >= 0.6 is 23.4 Å². The van der Waals surface area contributed by atoms with Crippen molar-refractivity contribution in [2.45, 2.75) is 56.0 Å². The second kappa shape index (κ2) is 12.2. The molecule has 0 aliphatic carbocycles. The quantitative estimate of drug-likeness (QED) is 0.187. The topological polar surface area (TPSA) is 90.3 Å². The predicted octanol–water partition coefficient (Wildman–Crippen LogP) is 7.92. The van der Waals surface area contributed by atoms with Gasteiger partial charge in [-0.25, -0.2) is 9.18 Å². The van der Waals surface area contributed by atoms with E-state index in [-0.39, 0.29) is 17.6 Å². The Morgan fingerprint density at radius 1 is 1.06 bits per heavy atom. The Hall–Kier alpha value is -4.32. The van der Waals surface area contributed by atoms with E-state index in [1.54, 1.807) is 29.4 Å². The molecule has 8 bridgehead atoms. The van der Waals surface area contributed by atoms with E-state index in [0.717, 1.165) is 79.0 Å². The third kappa shape index (κ3) is 5.39. The summed E-state index contributed by atoms with van der Waals surface area (Å²) in [6, 6.07) is 14.7. The number of thioether (sulfide) groups is 1. The Kier molecular flexibility index (Phi) is 7.96. The van der Waals surface area contributed by atoms with E-state index >= 15 is 0 Å². The van der Waals surface area contributed by atoms with Crippen molar-refractivity contribution in [2.75, 3.05) is 13.7 Å². The highest BCUT2D eigenvalue weighted by molar-refractivity contribution is 7.98. The summed E-state index contributed by atoms with van der Waals surface area (Å²) in [6.07, 6.45) is 1.95. The molecular formula is C37H36ClFN6O3S. The van der Waals surface area contributed by atoms with E-state index in [4.69, 9.17) is 26.5 Å². The van der Waals surface area contributed by atoms with E-state index in [1.165, 1.54) is 12.1 Å². The number of fused-ring (bicyclic) bond motifs is 7. The zero-order valence-electron chi connectivity index (χ0n) is 27.8. The number of nitrogens with zero attached hydrogens (tertiary/aromatic N) is 6. The Morgan fingerprint density at radius 2 is 1.88 bits per heavy atom. The Bertz CT molecular complexity index is 2310. The SMILES string of the molecule is Cc1nn2c3c1-c1c(Cl)ccc4c(c(C(=O)O)n(C)c14)CCCOc1cc(cc4cc(F)ccc14)SCc1cc(n(C)n1)CN(C)[C@@H]3CC2. The van der Waals surface area contributed by atoms with Gasteiger partial charge in [-0.05, 0) is 86.6 Å². The van der Waals surface area contributed by atoms with Gasteiger partial charge in [0.25, 0.3) is 0 Å². The molecule has 1 N–H and O–H groups in total. The first-order valence-corrected chi connectivity index (χ1v) is 17.8. The maximum atomic E-state index is 14.3. The summed E-state index contributed by atoms with van der Waals surface area (Å²) in [5.74, 6) is 0.0167. The lowest BCUT2D eigenvalue weighted by Crippen LogP contribution is -2.24. The molecule has 0 spiro atoms. The van der Waals surface area contributed by atoms with Crippen molar-refractivity contribution in [2.24, 2.45) is 14.1 Å². The Labute approximate surface area is 292 Å². The lowest BCUT2D eigenvalue weighted by Gasteiger charge is -2.25. The molecule has 0 saturated carbocycles. The number of ether oxygens (including phenoxy) is 1. The maximum Gasteiger partial charge on any atom is 0.352 e. The number of hydrogen-bond acceptors (Lipinski definition) is 6. The molecule has 0 radical (unpaired) electrons. The lowest BCUT2D eigenvalue weighted by atomic mass is 9.95. The van der Waals surface area contributed by atoms with Gasteiger partial charge in [-0.15, -0.1) is 11.8 Å². The smallest absolute Gasteiger partial charge is 0.352 e. The van der Waals surface area contributed by atoms with Crippen LogP contribution in [0.4, 0.5) is 4.39 Å². The molecule has 8 rings (SSSR count). The zero-order chi connectivity index (χ0) is 34.1. The van der Waals surface area contributed by atoms with Gasteiger partial charge in [0.15, 0.2) is 0 Å². The molecule has 3 aromatic carbocycles. The minimum atomic E-state index is -0.992. The van der Waals surface area contributed by atoms with Crippen LogP contribution in [-0.2, 0) is 39.4 Å². The standard InChI is InChI=1S/C37H36ClFN6O3S/c1-20-32-33-29(38)10-9-28-27(35(37(46)47)43(3)34(28)33)6-5-13-48-31-17-25(15-21-14-22(39)7-8-26(21)31)49-19-23-16-24(44(4)41-23)18-42(2)30-11-12-45(40-20)36(30)32/h7-10,14-17,30H,5-6,11-13,18-19H2,1-4H3,(H,46,47)/t30-/m1/s1. The molecule has 2 aliphatic rings. The maximum absolute atomic E-state index is 14.3. The van der Waals surface area contributed by atoms with Gasteiger partial charge in [0, 0.05) is 59.7 Å². The Morgan fingerprint density at radius 3 is 2.69 bits per heavy atom. The highest BCUT2D eigenvalue weighted by atomic mass is 35.5. The van der Waals surface area contributed by atoms with Gasteiger partial charge >= 0.3 is 5.97 Å². The molecule has 0 saturated heterocycles. The van der Waals surface area contributed by atoms with E-state index in [0.29, 0.717) is 42.5 Å². The van der Waals surface area contributed by atoms with Crippen molar-refractivity contribution >= 4 is 51.0 Å². The molecule has 6 aromatic rings. The van der Waals surface area contributed by atoms with Gasteiger partial charge in [0.1, 0.15) is 17.3 Å². The van der Waals surface area contributed by atoms with Crippen molar-refractivity contribution in [1.29, 1.82) is 0 Å². The van der Waals surface area contributed by atoms with E-state index in [9.17, 15) is 14.3 Å². The number of aromatic nitrogens is 5. The summed E-state index contributed by atoms with van der Waals surface area (Å²) in [7, 11) is 5.91. The summed E-state index contributed by atoms with van der Waals surface area (Å²) in [4.78, 5) is 16.1. The van der Waals surface area contributed by atoms with Gasteiger partial charge in [0.2, 0.25) is 0 Å². The fourth-order valence-corrected chi connectivity index (χ4v) is 8.92. The van der Waals surface area contributed by atoms with E-state index in [2.05, 4.69) is 22.7 Å². The molecule has 3 aromatic heterocycles. The lowest BCUT2D eigenvalue weighted by molar-refractivity contribution is 0.0685. The fourth-order valence-electron chi connectivity index (χ4n) is 7.82. The molecule has 0 fully saturated rings. The number of carbonyl (C=O) groups is 1. The van der Waals surface area contributed by atoms with Gasteiger partial charge < -0.3 is 14.4 Å². The Balaban J connectivity index is 1.29. The molecule has 252 valence electrons. The summed E-state index contributed by atoms with van der Waals surface area (Å²) in [6.45, 7) is 3.81. The number of carboxylic acid groups (broad SMARTS) is 1. The van der Waals surface area contributed by atoms with Gasteiger partial charge in [-0.1, -0.05) is 17.7 Å². The molecule has 0 unspecified atom stereocenters. The summed E-state index contributed by atoms with van der Waals surface area (Å²) in [5.41, 5.74) is 7.55. The van der Waals surface area contributed by atoms with Crippen LogP contribution in [0.25, 0.3) is 32.8 Å². The first-order chi connectivity index (χ1) is 23.6. The number of aryl methyl sites for hydroxylation is 5. The van der Waals surface area contributed by atoms with Crippen molar-refractivity contribution in [3.8, 4) is 16.9 Å². The second-order valence-corrected chi connectivity index (χ2v) is 14.5. The predicted molar refractivity (Wildman–Crippen MR) is 190 cm³/mol. The molecule has 9 nitrogen and oxygen atoms in total. The average Bonchev–Trinajstić information content (AvgIpc) is 3.78. The number of rotatable bonds is 1. The molecule has 2 aliphatic heterocycles. The van der Waals surface area contributed by atoms with Crippen LogP contribution in [0.5, 0.6) is 5.75 Å². The van der Waals surface area contributed by atoms with Gasteiger partial charge in [0.05, 0.1) is 46.0 Å². The molecule has 1 atom stereocenters. The zero-order valence-corrected chi connectivity index (χ0v) is 29.3. The fraction of sp³-hybridized carbons (Fsp3) is 0.324. The number of benzene rings is 3. The molecular weight excluding hydrogens is 663 g/mol. The number of aromatic carboxylic acids is 1. The third-order valence-electron chi connectivity index (χ3n) is 9.99. The molecule has 5 heterocycles. The molecule has 0 amide bonds. The highest BCUT2D eigenvalue weighted by Gasteiger charge is 2.35. The monoisotopic (exact) mass is 698 g/mol. The summed E-state index contributed by atoms with van der Waals surface area (Å²) in [5, 5.41) is 23.3. The van der Waals surface area contributed by atoms with Crippen LogP contribution in [0.2, 0.25) is 5.02 Å². The first-order valence-electron chi connectivity index (χ1n) is 16.4. The minimum Gasteiger partial charge on any atom is -0.493 e. The number of carboxylic acids is 1. The highest BCUT2D eigenvalue weighted by Crippen LogP contribution is 2.46. The first kappa shape index (κ1) is 31.9. The van der Waals surface area contributed by atoms with E-state index in [1.807, 2.05) is 42.9 Å². The largest absolute Gasteiger partial charge is 0.493 e. The normalized spacial score (nSPS) is 17.0. The van der Waals surface area contributed by atoms with Crippen molar-refractivity contribution in [3.63, 3.8) is 0 Å². The summed E-state index contributed by atoms with van der Waals surface area (Å²) < 4.78 is 26.5. The van der Waals surface area contributed by atoms with Gasteiger partial charge in [-0.3, -0.25) is 14.3 Å². The van der Waals surface area contributed by atoms with Crippen LogP contribution in [0.15, 0.2) is 53.4 Å². The van der Waals surface area contributed by atoms with Crippen LogP contribution in [0.1, 0.15) is 57.7 Å². The molecule has 49 heavy (non-hydrogen) atoms. The number of hydrogen-bond donors (Lipinski definition) is 1. The summed E-state index contributed by atoms with van der Waals surface area (Å²) >= 11 is 8.70. The van der Waals surface area contributed by atoms with Crippen molar-refractivity contribution in [3.05, 3.63) is 93.4 Å².